The molecule has 27 heavy (non-hydrogen) atoms. The lowest BCUT2D eigenvalue weighted by Gasteiger charge is -2.13. The molecule has 0 saturated carbocycles. The van der Waals surface area contributed by atoms with Crippen molar-refractivity contribution in [3.05, 3.63) is 46.1 Å². The Morgan fingerprint density at radius 2 is 1.81 bits per heavy atom. The molecular formula is C19H20N4O2S2. The Balaban J connectivity index is 1.78. The summed E-state index contributed by atoms with van der Waals surface area (Å²) in [5.41, 5.74) is 7.40. The van der Waals surface area contributed by atoms with E-state index in [1.54, 1.807) is 35.6 Å². The van der Waals surface area contributed by atoms with Crippen LogP contribution in [-0.4, -0.2) is 27.0 Å². The Kier molecular flexibility index (Phi) is 5.48. The number of thioether (sulfide) groups is 1. The van der Waals surface area contributed by atoms with Crippen molar-refractivity contribution in [3.63, 3.8) is 0 Å². The van der Waals surface area contributed by atoms with Crippen LogP contribution in [0.25, 0.3) is 10.2 Å². The number of benzene rings is 1. The maximum atomic E-state index is 12.6. The molecule has 0 aliphatic carbocycles. The number of carbonyl (C=O) groups is 2. The average molecular weight is 401 g/mol. The lowest BCUT2D eigenvalue weighted by atomic mass is 10.2. The molecule has 1 aromatic carbocycles. The smallest absolute Gasteiger partial charge is 0.248 e. The first-order valence-electron chi connectivity index (χ1n) is 8.38. The van der Waals surface area contributed by atoms with Crippen LogP contribution in [0.15, 0.2) is 29.3 Å². The number of nitrogens with zero attached hydrogens (tertiary/aromatic N) is 2. The van der Waals surface area contributed by atoms with Crippen LogP contribution >= 0.6 is 23.1 Å². The van der Waals surface area contributed by atoms with Crippen molar-refractivity contribution in [1.82, 2.24) is 9.97 Å². The van der Waals surface area contributed by atoms with Crippen LogP contribution in [0.4, 0.5) is 5.69 Å². The minimum atomic E-state index is -0.499. The Morgan fingerprint density at radius 1 is 1.15 bits per heavy atom. The topological polar surface area (TPSA) is 98.0 Å². The number of primary amides is 1. The molecule has 0 aliphatic rings. The van der Waals surface area contributed by atoms with Crippen LogP contribution in [0.1, 0.15) is 33.5 Å². The van der Waals surface area contributed by atoms with Crippen LogP contribution < -0.4 is 11.1 Å². The summed E-state index contributed by atoms with van der Waals surface area (Å²) >= 11 is 3.07. The van der Waals surface area contributed by atoms with Crippen molar-refractivity contribution in [2.24, 2.45) is 5.73 Å². The van der Waals surface area contributed by atoms with Gasteiger partial charge in [-0.1, -0.05) is 11.8 Å². The van der Waals surface area contributed by atoms with Gasteiger partial charge in [-0.15, -0.1) is 11.3 Å². The van der Waals surface area contributed by atoms with Crippen molar-refractivity contribution >= 4 is 50.8 Å². The molecule has 0 saturated heterocycles. The van der Waals surface area contributed by atoms with Gasteiger partial charge in [-0.3, -0.25) is 9.59 Å². The number of nitrogens with one attached hydrogen (secondary N) is 1. The van der Waals surface area contributed by atoms with Crippen LogP contribution in [0.2, 0.25) is 0 Å². The monoisotopic (exact) mass is 400 g/mol. The predicted octanol–water partition coefficient (Wildman–Crippen LogP) is 3.83. The van der Waals surface area contributed by atoms with Gasteiger partial charge >= 0.3 is 0 Å². The van der Waals surface area contributed by atoms with E-state index in [9.17, 15) is 9.59 Å². The molecule has 140 valence electrons. The Labute approximate surface area is 165 Å². The third-order valence-electron chi connectivity index (χ3n) is 4.20. The number of fused-ring (bicyclic) bond motifs is 1. The molecule has 0 fully saturated rings. The average Bonchev–Trinajstić information content (AvgIpc) is 2.89. The summed E-state index contributed by atoms with van der Waals surface area (Å²) in [6, 6.07) is 6.50. The Hall–Kier alpha value is -2.45. The lowest BCUT2D eigenvalue weighted by Crippen LogP contribution is -2.22. The number of hydrogen-bond acceptors (Lipinski definition) is 6. The quantitative estimate of drug-likeness (QED) is 0.501. The van der Waals surface area contributed by atoms with Gasteiger partial charge in [-0.25, -0.2) is 9.97 Å². The van der Waals surface area contributed by atoms with Gasteiger partial charge < -0.3 is 11.1 Å². The second kappa shape index (κ2) is 7.66. The standard InChI is InChI=1S/C19H20N4O2S2/c1-9-10(2)26-18-15(9)19(22-12(4)21-18)27-11(3)17(25)23-14-7-5-13(6-8-14)16(20)24/h5-8,11H,1-4H3,(H2,20,24)(H,23,25)/t11-/m1/s1. The van der Waals surface area contributed by atoms with E-state index in [4.69, 9.17) is 5.73 Å². The molecule has 1 atom stereocenters. The van der Waals surface area contributed by atoms with Gasteiger partial charge in [-0.2, -0.15) is 0 Å². The lowest BCUT2D eigenvalue weighted by molar-refractivity contribution is -0.115. The number of rotatable bonds is 5. The van der Waals surface area contributed by atoms with Gasteiger partial charge in [0, 0.05) is 21.5 Å². The molecule has 0 bridgehead atoms. The summed E-state index contributed by atoms with van der Waals surface area (Å²) in [6.45, 7) is 7.83. The zero-order valence-corrected chi connectivity index (χ0v) is 17.1. The molecule has 0 aliphatic heterocycles. The van der Waals surface area contributed by atoms with E-state index in [1.165, 1.54) is 16.6 Å². The highest BCUT2D eigenvalue weighted by Crippen LogP contribution is 2.36. The first-order chi connectivity index (χ1) is 12.8. The molecule has 2 amide bonds. The normalized spacial score (nSPS) is 12.1. The van der Waals surface area contributed by atoms with Gasteiger partial charge in [0.2, 0.25) is 11.8 Å². The number of amides is 2. The fourth-order valence-corrected chi connectivity index (χ4v) is 4.78. The first-order valence-corrected chi connectivity index (χ1v) is 10.1. The van der Waals surface area contributed by atoms with E-state index in [0.29, 0.717) is 17.1 Å². The molecule has 6 nitrogen and oxygen atoms in total. The zero-order valence-electron chi connectivity index (χ0n) is 15.5. The number of thiophene rings is 1. The van der Waals surface area contributed by atoms with Gasteiger partial charge in [0.1, 0.15) is 15.7 Å². The number of hydrogen-bond donors (Lipinski definition) is 2. The second-order valence-corrected chi connectivity index (χ2v) is 8.76. The molecule has 0 spiro atoms. The summed E-state index contributed by atoms with van der Waals surface area (Å²) in [7, 11) is 0. The third kappa shape index (κ3) is 4.12. The maximum Gasteiger partial charge on any atom is 0.248 e. The molecular weight excluding hydrogens is 380 g/mol. The summed E-state index contributed by atoms with van der Waals surface area (Å²) in [6.07, 6.45) is 0. The zero-order chi connectivity index (χ0) is 19.7. The molecule has 3 N–H and O–H groups in total. The summed E-state index contributed by atoms with van der Waals surface area (Å²) in [4.78, 5) is 35.0. The number of carbonyl (C=O) groups excluding carboxylic acids is 2. The van der Waals surface area contributed by atoms with Crippen molar-refractivity contribution in [2.75, 3.05) is 5.32 Å². The van der Waals surface area contributed by atoms with E-state index in [0.717, 1.165) is 20.8 Å². The maximum absolute atomic E-state index is 12.6. The van der Waals surface area contributed by atoms with Crippen LogP contribution in [0.5, 0.6) is 0 Å². The third-order valence-corrected chi connectivity index (χ3v) is 6.39. The van der Waals surface area contributed by atoms with E-state index >= 15 is 0 Å². The van der Waals surface area contributed by atoms with E-state index < -0.39 is 5.91 Å². The Morgan fingerprint density at radius 3 is 2.44 bits per heavy atom. The fourth-order valence-electron chi connectivity index (χ4n) is 2.58. The molecule has 2 heterocycles. The van der Waals surface area contributed by atoms with Crippen molar-refractivity contribution in [2.45, 2.75) is 38.0 Å². The van der Waals surface area contributed by atoms with Crippen LogP contribution in [-0.2, 0) is 4.79 Å². The number of aromatic nitrogens is 2. The van der Waals surface area contributed by atoms with Gasteiger partial charge in [0.25, 0.3) is 0 Å². The molecule has 0 unspecified atom stereocenters. The van der Waals surface area contributed by atoms with E-state index in [-0.39, 0.29) is 11.2 Å². The van der Waals surface area contributed by atoms with Crippen molar-refractivity contribution in [1.29, 1.82) is 0 Å². The van der Waals surface area contributed by atoms with E-state index in [1.807, 2.05) is 13.8 Å². The van der Waals surface area contributed by atoms with Crippen LogP contribution in [0.3, 0.4) is 0 Å². The Bertz CT molecular complexity index is 1030. The van der Waals surface area contributed by atoms with Crippen molar-refractivity contribution < 1.29 is 9.59 Å². The first kappa shape index (κ1) is 19.3. The van der Waals surface area contributed by atoms with Gasteiger partial charge in [0.15, 0.2) is 0 Å². The summed E-state index contributed by atoms with van der Waals surface area (Å²) in [5, 5.41) is 4.36. The summed E-state index contributed by atoms with van der Waals surface area (Å²) < 4.78 is 0. The van der Waals surface area contributed by atoms with E-state index in [2.05, 4.69) is 29.1 Å². The predicted molar refractivity (Wildman–Crippen MR) is 111 cm³/mol. The van der Waals surface area contributed by atoms with Gasteiger partial charge in [-0.05, 0) is 57.5 Å². The van der Waals surface area contributed by atoms with Crippen LogP contribution in [0, 0.1) is 20.8 Å². The second-order valence-electron chi connectivity index (χ2n) is 6.23. The molecule has 3 aromatic rings. The minimum absolute atomic E-state index is 0.138. The number of nitrogens with two attached hydrogens (primary N) is 1. The molecule has 8 heteroatoms. The van der Waals surface area contributed by atoms with Gasteiger partial charge in [0.05, 0.1) is 5.25 Å². The summed E-state index contributed by atoms with van der Waals surface area (Å²) in [5.74, 6) is 0.0584. The number of anilines is 1. The fraction of sp³-hybridized carbons (Fsp3) is 0.263. The highest BCUT2D eigenvalue weighted by Gasteiger charge is 2.20. The highest BCUT2D eigenvalue weighted by molar-refractivity contribution is 8.00. The largest absolute Gasteiger partial charge is 0.366 e. The van der Waals surface area contributed by atoms with Crippen molar-refractivity contribution in [3.8, 4) is 0 Å². The molecule has 0 radical (unpaired) electrons. The minimum Gasteiger partial charge on any atom is -0.366 e. The number of aryl methyl sites for hydroxylation is 3. The molecule has 2 aromatic heterocycles. The molecule has 3 rings (SSSR count). The SMILES string of the molecule is Cc1nc(S[C@H](C)C(=O)Nc2ccc(C(N)=O)cc2)c2c(C)c(C)sc2n1. The highest BCUT2D eigenvalue weighted by atomic mass is 32.2.